The van der Waals surface area contributed by atoms with Gasteiger partial charge < -0.3 is 10.6 Å². The molecule has 2 N–H and O–H groups in total. The normalized spacial score (nSPS) is 20.3. The first-order chi connectivity index (χ1) is 8.97. The van der Waals surface area contributed by atoms with Crippen molar-refractivity contribution in [3.63, 3.8) is 0 Å². The maximum atomic E-state index is 12.4. The predicted octanol–water partition coefficient (Wildman–Crippen LogP) is 3.31. The third-order valence-electron chi connectivity index (χ3n) is 3.10. The number of pyridine rings is 1. The minimum atomic E-state index is -4.42. The molecule has 0 amide bonds. The molecule has 1 aliphatic heterocycles. The molecule has 0 radical (unpaired) electrons. The number of aromatic nitrogens is 1. The van der Waals surface area contributed by atoms with Gasteiger partial charge in [-0.2, -0.15) is 13.2 Å². The quantitative estimate of drug-likeness (QED) is 0.898. The van der Waals surface area contributed by atoms with Gasteiger partial charge in [-0.15, -0.1) is 0 Å². The van der Waals surface area contributed by atoms with Gasteiger partial charge in [-0.1, -0.05) is 18.0 Å². The Morgan fingerprint density at radius 1 is 1.42 bits per heavy atom. The van der Waals surface area contributed by atoms with Crippen molar-refractivity contribution in [3.8, 4) is 0 Å². The van der Waals surface area contributed by atoms with Gasteiger partial charge in [-0.25, -0.2) is 4.98 Å². The molecule has 2 heterocycles. The van der Waals surface area contributed by atoms with Crippen molar-refractivity contribution in [1.82, 2.24) is 10.3 Å². The first-order valence-corrected chi connectivity index (χ1v) is 6.54. The first kappa shape index (κ1) is 14.4. The van der Waals surface area contributed by atoms with Gasteiger partial charge in [0.15, 0.2) is 0 Å². The van der Waals surface area contributed by atoms with E-state index in [1.54, 1.807) is 0 Å². The Morgan fingerprint density at radius 2 is 2.21 bits per heavy atom. The van der Waals surface area contributed by atoms with Gasteiger partial charge in [0.1, 0.15) is 5.82 Å². The van der Waals surface area contributed by atoms with Crippen LogP contribution < -0.4 is 10.6 Å². The Kier molecular flexibility index (Phi) is 4.52. The average Bonchev–Trinajstić information content (AvgIpc) is 2.37. The molecule has 1 unspecified atom stereocenters. The number of hydrogen-bond acceptors (Lipinski definition) is 3. The monoisotopic (exact) mass is 293 g/mol. The summed E-state index contributed by atoms with van der Waals surface area (Å²) in [6, 6.07) is 1.21. The molecule has 1 aromatic heterocycles. The molecule has 0 aromatic carbocycles. The van der Waals surface area contributed by atoms with E-state index in [-0.39, 0.29) is 5.02 Å². The summed E-state index contributed by atoms with van der Waals surface area (Å²) in [5.41, 5.74) is -0.834. The van der Waals surface area contributed by atoms with E-state index in [9.17, 15) is 13.2 Å². The molecule has 3 nitrogen and oxygen atoms in total. The van der Waals surface area contributed by atoms with E-state index in [2.05, 4.69) is 15.6 Å². The zero-order valence-electron chi connectivity index (χ0n) is 10.2. The van der Waals surface area contributed by atoms with Crippen LogP contribution in [0.5, 0.6) is 0 Å². The first-order valence-electron chi connectivity index (χ1n) is 6.17. The lowest BCUT2D eigenvalue weighted by Gasteiger charge is -2.24. The maximum absolute atomic E-state index is 12.4. The smallest absolute Gasteiger partial charge is 0.367 e. The number of hydrogen-bond donors (Lipinski definition) is 2. The van der Waals surface area contributed by atoms with E-state index < -0.39 is 11.7 Å². The van der Waals surface area contributed by atoms with Crippen molar-refractivity contribution in [2.75, 3.05) is 18.4 Å². The standard InChI is InChI=1S/C12H15ClF3N3/c13-10-5-8(12(14,15)16)6-18-11(10)19-7-9-3-1-2-4-17-9/h5-6,9,17H,1-4,7H2,(H,18,19). The zero-order valence-corrected chi connectivity index (χ0v) is 11.0. The molecule has 1 fully saturated rings. The van der Waals surface area contributed by atoms with Crippen LogP contribution in [0.3, 0.4) is 0 Å². The molecule has 1 atom stereocenters. The van der Waals surface area contributed by atoms with Crippen molar-refractivity contribution in [3.05, 3.63) is 22.8 Å². The van der Waals surface area contributed by atoms with Gasteiger partial charge in [0, 0.05) is 18.8 Å². The fraction of sp³-hybridized carbons (Fsp3) is 0.583. The minimum Gasteiger partial charge on any atom is -0.367 e. The van der Waals surface area contributed by atoms with E-state index in [1.807, 2.05) is 0 Å². The lowest BCUT2D eigenvalue weighted by Crippen LogP contribution is -2.39. The lowest BCUT2D eigenvalue weighted by atomic mass is 10.1. The van der Waals surface area contributed by atoms with Crippen LogP contribution in [0.4, 0.5) is 19.0 Å². The summed E-state index contributed by atoms with van der Waals surface area (Å²) in [4.78, 5) is 3.74. The van der Waals surface area contributed by atoms with E-state index >= 15 is 0 Å². The zero-order chi connectivity index (χ0) is 13.9. The van der Waals surface area contributed by atoms with Crippen LogP contribution in [-0.4, -0.2) is 24.1 Å². The highest BCUT2D eigenvalue weighted by atomic mass is 35.5. The topological polar surface area (TPSA) is 37.0 Å². The van der Waals surface area contributed by atoms with Crippen molar-refractivity contribution in [2.24, 2.45) is 0 Å². The van der Waals surface area contributed by atoms with E-state index in [1.165, 1.54) is 0 Å². The van der Waals surface area contributed by atoms with Crippen LogP contribution >= 0.6 is 11.6 Å². The molecule has 1 aliphatic rings. The van der Waals surface area contributed by atoms with Crippen molar-refractivity contribution >= 4 is 17.4 Å². The SMILES string of the molecule is FC(F)(F)c1cnc(NCC2CCCCN2)c(Cl)c1. The summed E-state index contributed by atoms with van der Waals surface area (Å²) in [6.07, 6.45) is -0.253. The number of alkyl halides is 3. The lowest BCUT2D eigenvalue weighted by molar-refractivity contribution is -0.137. The minimum absolute atomic E-state index is 0.00867. The number of rotatable bonds is 3. The molecule has 7 heteroatoms. The van der Waals surface area contributed by atoms with Crippen molar-refractivity contribution in [2.45, 2.75) is 31.5 Å². The number of piperidine rings is 1. The highest BCUT2D eigenvalue weighted by Gasteiger charge is 2.31. The Hall–Kier alpha value is -1.01. The third-order valence-corrected chi connectivity index (χ3v) is 3.38. The predicted molar refractivity (Wildman–Crippen MR) is 68.4 cm³/mol. The summed E-state index contributed by atoms with van der Waals surface area (Å²) in [5.74, 6) is 0.294. The number of nitrogens with zero attached hydrogens (tertiary/aromatic N) is 1. The number of nitrogens with one attached hydrogen (secondary N) is 2. The second-order valence-electron chi connectivity index (χ2n) is 4.58. The average molecular weight is 294 g/mol. The molecule has 0 aliphatic carbocycles. The van der Waals surface area contributed by atoms with Crippen LogP contribution in [0.2, 0.25) is 5.02 Å². The van der Waals surface area contributed by atoms with Gasteiger partial charge in [-0.3, -0.25) is 0 Å². The largest absolute Gasteiger partial charge is 0.417 e. The maximum Gasteiger partial charge on any atom is 0.417 e. The number of halogens is 4. The highest BCUT2D eigenvalue weighted by molar-refractivity contribution is 6.32. The highest BCUT2D eigenvalue weighted by Crippen LogP contribution is 2.32. The molecule has 0 saturated carbocycles. The Balaban J connectivity index is 1.97. The van der Waals surface area contributed by atoms with E-state index in [0.717, 1.165) is 38.1 Å². The summed E-state index contributed by atoms with van der Waals surface area (Å²) in [7, 11) is 0. The van der Waals surface area contributed by atoms with Gasteiger partial charge in [0.05, 0.1) is 10.6 Å². The Bertz CT molecular complexity index is 431. The molecular formula is C12H15ClF3N3. The van der Waals surface area contributed by atoms with Crippen LogP contribution in [0.25, 0.3) is 0 Å². The Labute approximate surface area is 114 Å². The summed E-state index contributed by atoms with van der Waals surface area (Å²) in [5, 5.41) is 6.31. The Morgan fingerprint density at radius 3 is 2.79 bits per heavy atom. The molecule has 19 heavy (non-hydrogen) atoms. The fourth-order valence-electron chi connectivity index (χ4n) is 2.04. The molecule has 2 rings (SSSR count). The third kappa shape index (κ3) is 3.98. The molecule has 1 aromatic rings. The summed E-state index contributed by atoms with van der Waals surface area (Å²) < 4.78 is 37.3. The number of anilines is 1. The van der Waals surface area contributed by atoms with Gasteiger partial charge in [0.25, 0.3) is 0 Å². The second kappa shape index (κ2) is 5.96. The van der Waals surface area contributed by atoms with E-state index in [0.29, 0.717) is 18.4 Å². The van der Waals surface area contributed by atoms with E-state index in [4.69, 9.17) is 11.6 Å². The fourth-order valence-corrected chi connectivity index (χ4v) is 2.27. The van der Waals surface area contributed by atoms with Gasteiger partial charge in [0.2, 0.25) is 0 Å². The van der Waals surface area contributed by atoms with Crippen LogP contribution in [0, 0.1) is 0 Å². The molecular weight excluding hydrogens is 279 g/mol. The molecule has 0 spiro atoms. The van der Waals surface area contributed by atoms with Crippen molar-refractivity contribution < 1.29 is 13.2 Å². The van der Waals surface area contributed by atoms with Gasteiger partial charge >= 0.3 is 6.18 Å². The van der Waals surface area contributed by atoms with Crippen LogP contribution in [-0.2, 0) is 6.18 Å². The molecule has 1 saturated heterocycles. The van der Waals surface area contributed by atoms with Crippen molar-refractivity contribution in [1.29, 1.82) is 0 Å². The molecule has 0 bridgehead atoms. The van der Waals surface area contributed by atoms with Gasteiger partial charge in [-0.05, 0) is 25.5 Å². The second-order valence-corrected chi connectivity index (χ2v) is 4.99. The summed E-state index contributed by atoms with van der Waals surface area (Å²) in [6.45, 7) is 1.58. The molecule has 106 valence electrons. The van der Waals surface area contributed by atoms with Crippen LogP contribution in [0.15, 0.2) is 12.3 Å². The van der Waals surface area contributed by atoms with Crippen LogP contribution in [0.1, 0.15) is 24.8 Å². The summed E-state index contributed by atoms with van der Waals surface area (Å²) >= 11 is 5.81.